The van der Waals surface area contributed by atoms with Gasteiger partial charge in [0.15, 0.2) is 0 Å². The van der Waals surface area contributed by atoms with Crippen LogP contribution in [0.5, 0.6) is 0 Å². The van der Waals surface area contributed by atoms with E-state index in [1.165, 1.54) is 0 Å². The van der Waals surface area contributed by atoms with Crippen molar-refractivity contribution >= 4 is 5.97 Å². The standard InChI is InChI=1S/C13H27NO3/c1-12(2,3)10(14)9-11(15)17-8-7-13(4,5)16-6/h10H,7-9,14H2,1-6H3. The zero-order chi connectivity index (χ0) is 13.7. The molecule has 0 aromatic heterocycles. The first kappa shape index (κ1) is 16.4. The zero-order valence-electron chi connectivity index (χ0n) is 12.0. The Labute approximate surface area is 105 Å². The van der Waals surface area contributed by atoms with Crippen molar-refractivity contribution in [3.63, 3.8) is 0 Å². The van der Waals surface area contributed by atoms with Crippen molar-refractivity contribution in [2.45, 2.75) is 59.1 Å². The van der Waals surface area contributed by atoms with Gasteiger partial charge in [-0.05, 0) is 19.3 Å². The number of esters is 1. The van der Waals surface area contributed by atoms with Crippen LogP contribution in [0.25, 0.3) is 0 Å². The second-order valence-corrected chi connectivity index (χ2v) is 6.11. The van der Waals surface area contributed by atoms with Gasteiger partial charge < -0.3 is 15.2 Å². The lowest BCUT2D eigenvalue weighted by Crippen LogP contribution is -2.37. The van der Waals surface area contributed by atoms with Crippen LogP contribution in [-0.4, -0.2) is 31.3 Å². The first-order valence-corrected chi connectivity index (χ1v) is 6.05. The van der Waals surface area contributed by atoms with Crippen LogP contribution in [0.4, 0.5) is 0 Å². The Kier molecular flexibility index (Phi) is 6.13. The molecule has 1 atom stereocenters. The quantitative estimate of drug-likeness (QED) is 0.728. The largest absolute Gasteiger partial charge is 0.466 e. The molecule has 4 heteroatoms. The number of hydrogen-bond donors (Lipinski definition) is 1. The molecule has 0 bridgehead atoms. The number of carbonyl (C=O) groups is 1. The molecule has 0 aromatic carbocycles. The van der Waals surface area contributed by atoms with Crippen LogP contribution in [0, 0.1) is 5.41 Å². The van der Waals surface area contributed by atoms with Crippen LogP contribution in [-0.2, 0) is 14.3 Å². The molecule has 0 aliphatic rings. The Morgan fingerprint density at radius 3 is 2.18 bits per heavy atom. The van der Waals surface area contributed by atoms with E-state index in [1.54, 1.807) is 7.11 Å². The molecule has 102 valence electrons. The molecule has 0 aliphatic heterocycles. The first-order chi connectivity index (χ1) is 7.58. The number of ether oxygens (including phenoxy) is 2. The molecular weight excluding hydrogens is 218 g/mol. The summed E-state index contributed by atoms with van der Waals surface area (Å²) in [7, 11) is 1.65. The lowest BCUT2D eigenvalue weighted by atomic mass is 9.85. The Morgan fingerprint density at radius 1 is 1.24 bits per heavy atom. The molecule has 0 saturated heterocycles. The molecule has 2 N–H and O–H groups in total. The predicted octanol–water partition coefficient (Wildman–Crippen LogP) is 2.11. The van der Waals surface area contributed by atoms with E-state index >= 15 is 0 Å². The maximum atomic E-state index is 11.5. The minimum Gasteiger partial charge on any atom is -0.466 e. The van der Waals surface area contributed by atoms with Crippen LogP contribution in [0.3, 0.4) is 0 Å². The second-order valence-electron chi connectivity index (χ2n) is 6.11. The summed E-state index contributed by atoms with van der Waals surface area (Å²) in [6, 6.07) is -0.176. The maximum absolute atomic E-state index is 11.5. The number of nitrogens with two attached hydrogens (primary N) is 1. The molecule has 0 saturated carbocycles. The minimum atomic E-state index is -0.258. The van der Waals surface area contributed by atoms with Gasteiger partial charge in [0.05, 0.1) is 18.6 Å². The molecule has 4 nitrogen and oxygen atoms in total. The number of hydrogen-bond acceptors (Lipinski definition) is 4. The van der Waals surface area contributed by atoms with Gasteiger partial charge in [-0.3, -0.25) is 4.79 Å². The third kappa shape index (κ3) is 7.34. The highest BCUT2D eigenvalue weighted by Crippen LogP contribution is 2.20. The molecule has 0 radical (unpaired) electrons. The fourth-order valence-corrected chi connectivity index (χ4v) is 1.06. The van der Waals surface area contributed by atoms with Crippen molar-refractivity contribution < 1.29 is 14.3 Å². The number of rotatable bonds is 6. The summed E-state index contributed by atoms with van der Waals surface area (Å²) in [5.74, 6) is -0.237. The fraction of sp³-hybridized carbons (Fsp3) is 0.923. The van der Waals surface area contributed by atoms with Crippen molar-refractivity contribution in [3.8, 4) is 0 Å². The molecule has 0 fully saturated rings. The minimum absolute atomic E-state index is 0.0786. The maximum Gasteiger partial charge on any atom is 0.307 e. The van der Waals surface area contributed by atoms with Crippen LogP contribution in [0.1, 0.15) is 47.5 Å². The zero-order valence-corrected chi connectivity index (χ0v) is 12.0. The number of carbonyl (C=O) groups excluding carboxylic acids is 1. The summed E-state index contributed by atoms with van der Waals surface area (Å²) in [5, 5.41) is 0. The molecule has 0 aromatic rings. The van der Waals surface area contributed by atoms with Gasteiger partial charge in [0.25, 0.3) is 0 Å². The van der Waals surface area contributed by atoms with Gasteiger partial charge in [0.1, 0.15) is 0 Å². The van der Waals surface area contributed by atoms with Gasteiger partial charge in [-0.25, -0.2) is 0 Å². The normalized spacial score (nSPS) is 14.5. The molecule has 1 unspecified atom stereocenters. The molecule has 0 heterocycles. The van der Waals surface area contributed by atoms with Crippen molar-refractivity contribution in [2.24, 2.45) is 11.1 Å². The summed E-state index contributed by atoms with van der Waals surface area (Å²) in [6.07, 6.45) is 0.941. The van der Waals surface area contributed by atoms with Crippen LogP contribution >= 0.6 is 0 Å². The molecule has 0 rings (SSSR count). The molecular formula is C13H27NO3. The van der Waals surface area contributed by atoms with Crippen molar-refractivity contribution in [1.29, 1.82) is 0 Å². The van der Waals surface area contributed by atoms with E-state index in [4.69, 9.17) is 15.2 Å². The summed E-state index contributed by atoms with van der Waals surface area (Å²) in [6.45, 7) is 10.3. The van der Waals surface area contributed by atoms with E-state index in [9.17, 15) is 4.79 Å². The lowest BCUT2D eigenvalue weighted by molar-refractivity contribution is -0.146. The van der Waals surface area contributed by atoms with Crippen molar-refractivity contribution in [2.75, 3.05) is 13.7 Å². The highest BCUT2D eigenvalue weighted by Gasteiger charge is 2.24. The van der Waals surface area contributed by atoms with Crippen molar-refractivity contribution in [1.82, 2.24) is 0 Å². The fourth-order valence-electron chi connectivity index (χ4n) is 1.06. The summed E-state index contributed by atoms with van der Waals surface area (Å²) in [5.41, 5.74) is 5.57. The second kappa shape index (κ2) is 6.36. The monoisotopic (exact) mass is 245 g/mol. The highest BCUT2D eigenvalue weighted by molar-refractivity contribution is 5.70. The van der Waals surface area contributed by atoms with Gasteiger partial charge in [-0.15, -0.1) is 0 Å². The SMILES string of the molecule is COC(C)(C)CCOC(=O)CC(N)C(C)(C)C. The summed E-state index contributed by atoms with van der Waals surface area (Å²) < 4.78 is 10.4. The highest BCUT2D eigenvalue weighted by atomic mass is 16.5. The van der Waals surface area contributed by atoms with E-state index < -0.39 is 0 Å². The Balaban J connectivity index is 3.90. The van der Waals surface area contributed by atoms with Gasteiger partial charge >= 0.3 is 5.97 Å². The Hall–Kier alpha value is -0.610. The van der Waals surface area contributed by atoms with Crippen molar-refractivity contribution in [3.05, 3.63) is 0 Å². The van der Waals surface area contributed by atoms with Crippen LogP contribution < -0.4 is 5.73 Å². The Morgan fingerprint density at radius 2 is 1.76 bits per heavy atom. The van der Waals surface area contributed by atoms with E-state index in [0.29, 0.717) is 13.0 Å². The van der Waals surface area contributed by atoms with E-state index in [-0.39, 0.29) is 29.4 Å². The first-order valence-electron chi connectivity index (χ1n) is 6.05. The number of methoxy groups -OCH3 is 1. The van der Waals surface area contributed by atoms with Gasteiger partial charge in [0.2, 0.25) is 0 Å². The van der Waals surface area contributed by atoms with Crippen LogP contribution in [0.2, 0.25) is 0 Å². The van der Waals surface area contributed by atoms with Crippen LogP contribution in [0.15, 0.2) is 0 Å². The smallest absolute Gasteiger partial charge is 0.307 e. The van der Waals surface area contributed by atoms with E-state index in [1.807, 2.05) is 34.6 Å². The average molecular weight is 245 g/mol. The van der Waals surface area contributed by atoms with Gasteiger partial charge in [-0.2, -0.15) is 0 Å². The summed E-state index contributed by atoms with van der Waals surface area (Å²) in [4.78, 5) is 11.5. The van der Waals surface area contributed by atoms with Gasteiger partial charge in [0, 0.05) is 19.6 Å². The van der Waals surface area contributed by atoms with Gasteiger partial charge in [-0.1, -0.05) is 20.8 Å². The molecule has 0 spiro atoms. The van der Waals surface area contributed by atoms with E-state index in [2.05, 4.69) is 0 Å². The molecule has 0 amide bonds. The molecule has 17 heavy (non-hydrogen) atoms. The molecule has 0 aliphatic carbocycles. The van der Waals surface area contributed by atoms with E-state index in [0.717, 1.165) is 0 Å². The average Bonchev–Trinajstić information content (AvgIpc) is 2.15. The lowest BCUT2D eigenvalue weighted by Gasteiger charge is -2.26. The third-order valence-corrected chi connectivity index (χ3v) is 3.02. The topological polar surface area (TPSA) is 61.5 Å². The summed E-state index contributed by atoms with van der Waals surface area (Å²) >= 11 is 0. The Bertz CT molecular complexity index is 244. The third-order valence-electron chi connectivity index (χ3n) is 3.02. The predicted molar refractivity (Wildman–Crippen MR) is 68.7 cm³/mol.